The number of thiophene rings is 1. The molecule has 27 heavy (non-hydrogen) atoms. The van der Waals surface area contributed by atoms with E-state index in [0.717, 1.165) is 26.2 Å². The Balaban J connectivity index is 1.66. The van der Waals surface area contributed by atoms with Crippen LogP contribution >= 0.6 is 34.5 Å². The maximum absolute atomic E-state index is 12.4. The second-order valence-corrected chi connectivity index (χ2v) is 7.85. The van der Waals surface area contributed by atoms with Crippen LogP contribution in [0.3, 0.4) is 0 Å². The highest BCUT2D eigenvalue weighted by atomic mass is 35.5. The zero-order valence-corrected chi connectivity index (χ0v) is 16.5. The third kappa shape index (κ3) is 3.67. The Labute approximate surface area is 169 Å². The van der Waals surface area contributed by atoms with E-state index in [1.54, 1.807) is 41.8 Å². The fourth-order valence-electron chi connectivity index (χ4n) is 2.76. The largest absolute Gasteiger partial charge is 0.290 e. The third-order valence-corrected chi connectivity index (χ3v) is 5.90. The number of anilines is 1. The third-order valence-electron chi connectivity index (χ3n) is 4.12. The molecule has 0 spiro atoms. The number of rotatable bonds is 3. The van der Waals surface area contributed by atoms with Crippen LogP contribution in [0.1, 0.15) is 15.9 Å². The SMILES string of the molecule is Cc1c(-c2ccnc(NC(=O)c3ccc(Cl)cc3)n2)sc2ccc(Cl)cc12. The van der Waals surface area contributed by atoms with Crippen LogP contribution in [0, 0.1) is 6.92 Å². The number of halogens is 2. The van der Waals surface area contributed by atoms with Crippen molar-refractivity contribution in [2.75, 3.05) is 5.32 Å². The molecule has 4 aromatic rings. The van der Waals surface area contributed by atoms with Gasteiger partial charge in [-0.1, -0.05) is 23.2 Å². The van der Waals surface area contributed by atoms with Crippen LogP contribution < -0.4 is 5.32 Å². The summed E-state index contributed by atoms with van der Waals surface area (Å²) in [5.74, 6) is -0.0361. The van der Waals surface area contributed by atoms with Gasteiger partial charge >= 0.3 is 0 Å². The summed E-state index contributed by atoms with van der Waals surface area (Å²) in [5.41, 5.74) is 2.35. The lowest BCUT2D eigenvalue weighted by Gasteiger charge is -2.06. The summed E-state index contributed by atoms with van der Waals surface area (Å²) in [7, 11) is 0. The summed E-state index contributed by atoms with van der Waals surface area (Å²) < 4.78 is 1.14. The molecule has 1 amide bonds. The first-order chi connectivity index (χ1) is 13.0. The van der Waals surface area contributed by atoms with Crippen molar-refractivity contribution in [3.8, 4) is 10.6 Å². The predicted octanol–water partition coefficient (Wildman–Crippen LogP) is 6.23. The molecular formula is C20H13Cl2N3OS. The molecule has 4 nitrogen and oxygen atoms in total. The summed E-state index contributed by atoms with van der Waals surface area (Å²) in [6, 6.07) is 14.3. The van der Waals surface area contributed by atoms with Gasteiger partial charge in [0.1, 0.15) is 0 Å². The molecule has 0 radical (unpaired) electrons. The van der Waals surface area contributed by atoms with E-state index in [4.69, 9.17) is 23.2 Å². The molecule has 0 bridgehead atoms. The van der Waals surface area contributed by atoms with Gasteiger partial charge in [0.05, 0.1) is 10.6 Å². The maximum Gasteiger partial charge on any atom is 0.258 e. The number of nitrogens with one attached hydrogen (secondary N) is 1. The number of carbonyl (C=O) groups excluding carboxylic acids is 1. The van der Waals surface area contributed by atoms with Gasteiger partial charge in [-0.3, -0.25) is 10.1 Å². The highest BCUT2D eigenvalue weighted by Crippen LogP contribution is 2.38. The van der Waals surface area contributed by atoms with Gasteiger partial charge in [-0.15, -0.1) is 11.3 Å². The summed E-state index contributed by atoms with van der Waals surface area (Å²) >= 11 is 13.6. The Hall–Kier alpha value is -2.47. The number of aromatic nitrogens is 2. The van der Waals surface area contributed by atoms with Gasteiger partial charge in [0.25, 0.3) is 5.91 Å². The van der Waals surface area contributed by atoms with Crippen molar-refractivity contribution in [2.24, 2.45) is 0 Å². The summed E-state index contributed by atoms with van der Waals surface area (Å²) in [6.45, 7) is 2.04. The topological polar surface area (TPSA) is 54.9 Å². The van der Waals surface area contributed by atoms with E-state index in [-0.39, 0.29) is 11.9 Å². The Morgan fingerprint density at radius 1 is 1.04 bits per heavy atom. The highest BCUT2D eigenvalue weighted by Gasteiger charge is 2.14. The lowest BCUT2D eigenvalue weighted by Crippen LogP contribution is -2.14. The van der Waals surface area contributed by atoms with E-state index in [1.165, 1.54) is 0 Å². The number of fused-ring (bicyclic) bond motifs is 1. The van der Waals surface area contributed by atoms with Gasteiger partial charge in [-0.2, -0.15) is 0 Å². The Bertz CT molecular complexity index is 1160. The minimum atomic E-state index is -0.288. The summed E-state index contributed by atoms with van der Waals surface area (Å²) in [6.07, 6.45) is 1.64. The Morgan fingerprint density at radius 2 is 1.78 bits per heavy atom. The molecular weight excluding hydrogens is 401 g/mol. The molecule has 0 unspecified atom stereocenters. The highest BCUT2D eigenvalue weighted by molar-refractivity contribution is 7.22. The molecule has 0 aliphatic heterocycles. The van der Waals surface area contributed by atoms with Crippen LogP contribution in [0.15, 0.2) is 54.7 Å². The van der Waals surface area contributed by atoms with Crippen LogP contribution in [0.25, 0.3) is 20.7 Å². The lowest BCUT2D eigenvalue weighted by atomic mass is 10.1. The standard InChI is InChI=1S/C20H13Cl2N3OS/c1-11-15-10-14(22)6-7-17(15)27-18(11)16-8-9-23-20(24-16)25-19(26)12-2-4-13(21)5-3-12/h2-10H,1H3,(H,23,24,25,26). The van der Waals surface area contributed by atoms with Crippen molar-refractivity contribution in [1.29, 1.82) is 0 Å². The second kappa shape index (κ2) is 7.27. The Morgan fingerprint density at radius 3 is 2.56 bits per heavy atom. The second-order valence-electron chi connectivity index (χ2n) is 5.92. The lowest BCUT2D eigenvalue weighted by molar-refractivity contribution is 0.102. The van der Waals surface area contributed by atoms with E-state index in [1.807, 2.05) is 31.2 Å². The van der Waals surface area contributed by atoms with E-state index >= 15 is 0 Å². The van der Waals surface area contributed by atoms with E-state index < -0.39 is 0 Å². The molecule has 2 aromatic carbocycles. The van der Waals surface area contributed by atoms with Gasteiger partial charge in [0.15, 0.2) is 0 Å². The van der Waals surface area contributed by atoms with Crippen molar-refractivity contribution in [3.63, 3.8) is 0 Å². The predicted molar refractivity (Wildman–Crippen MR) is 112 cm³/mol. The van der Waals surface area contributed by atoms with Crippen LogP contribution in [-0.2, 0) is 0 Å². The van der Waals surface area contributed by atoms with Crippen LogP contribution in [0.2, 0.25) is 10.0 Å². The first-order valence-electron chi connectivity index (χ1n) is 8.10. The van der Waals surface area contributed by atoms with Crippen LogP contribution in [0.5, 0.6) is 0 Å². The van der Waals surface area contributed by atoms with Gasteiger partial charge in [0.2, 0.25) is 5.95 Å². The van der Waals surface area contributed by atoms with Crippen molar-refractivity contribution < 1.29 is 4.79 Å². The summed E-state index contributed by atoms with van der Waals surface area (Å²) in [5, 5.41) is 5.11. The van der Waals surface area contributed by atoms with Crippen molar-refractivity contribution in [2.45, 2.75) is 6.92 Å². The fraction of sp³-hybridized carbons (Fsp3) is 0.0500. The van der Waals surface area contributed by atoms with Crippen molar-refractivity contribution >= 4 is 56.5 Å². The van der Waals surface area contributed by atoms with Crippen molar-refractivity contribution in [1.82, 2.24) is 9.97 Å². The number of amides is 1. The molecule has 0 fully saturated rings. The molecule has 134 valence electrons. The summed E-state index contributed by atoms with van der Waals surface area (Å²) in [4.78, 5) is 22.1. The molecule has 2 heterocycles. The molecule has 2 aromatic heterocycles. The molecule has 0 aliphatic rings. The Kier molecular flexibility index (Phi) is 4.83. The first kappa shape index (κ1) is 17.9. The van der Waals surface area contributed by atoms with Gasteiger partial charge in [0, 0.05) is 26.5 Å². The zero-order chi connectivity index (χ0) is 19.0. The first-order valence-corrected chi connectivity index (χ1v) is 9.67. The van der Waals surface area contributed by atoms with Crippen molar-refractivity contribution in [3.05, 3.63) is 75.9 Å². The minimum absolute atomic E-state index is 0.252. The molecule has 0 aliphatic carbocycles. The fourth-order valence-corrected chi connectivity index (χ4v) is 4.22. The molecule has 4 rings (SSSR count). The number of carbonyl (C=O) groups is 1. The van der Waals surface area contributed by atoms with Gasteiger partial charge < -0.3 is 0 Å². The number of aryl methyl sites for hydroxylation is 1. The molecule has 1 N–H and O–H groups in total. The maximum atomic E-state index is 12.4. The zero-order valence-electron chi connectivity index (χ0n) is 14.2. The number of hydrogen-bond acceptors (Lipinski definition) is 4. The van der Waals surface area contributed by atoms with Crippen LogP contribution in [0.4, 0.5) is 5.95 Å². The minimum Gasteiger partial charge on any atom is -0.290 e. The number of hydrogen-bond donors (Lipinski definition) is 1. The average Bonchev–Trinajstić information content (AvgIpc) is 2.99. The quantitative estimate of drug-likeness (QED) is 0.433. The average molecular weight is 414 g/mol. The number of nitrogens with zero attached hydrogens (tertiary/aromatic N) is 2. The van der Waals surface area contributed by atoms with E-state index in [9.17, 15) is 4.79 Å². The van der Waals surface area contributed by atoms with Gasteiger partial charge in [-0.25, -0.2) is 9.97 Å². The number of benzene rings is 2. The normalized spacial score (nSPS) is 10.9. The molecule has 0 saturated carbocycles. The molecule has 0 saturated heterocycles. The molecule has 7 heteroatoms. The molecule has 0 atom stereocenters. The van der Waals surface area contributed by atoms with Gasteiger partial charge in [-0.05, 0) is 66.4 Å². The monoisotopic (exact) mass is 413 g/mol. The van der Waals surface area contributed by atoms with E-state index in [0.29, 0.717) is 15.6 Å². The van der Waals surface area contributed by atoms with E-state index in [2.05, 4.69) is 15.3 Å². The van der Waals surface area contributed by atoms with Crippen LogP contribution in [-0.4, -0.2) is 15.9 Å². The smallest absolute Gasteiger partial charge is 0.258 e.